The number of anilines is 2. The van der Waals surface area contributed by atoms with Crippen LogP contribution in [0.1, 0.15) is 26.5 Å². The maximum Gasteiger partial charge on any atom is 0.224 e. The van der Waals surface area contributed by atoms with Gasteiger partial charge in [-0.2, -0.15) is 4.98 Å². The maximum atomic E-state index is 11.4. The fourth-order valence-electron chi connectivity index (χ4n) is 1.48. The highest BCUT2D eigenvalue weighted by Crippen LogP contribution is 2.08. The molecule has 0 aromatic carbocycles. The molecule has 1 aromatic heterocycles. The van der Waals surface area contributed by atoms with Crippen LogP contribution in [0.4, 0.5) is 11.8 Å². The number of aryl methyl sites for hydroxylation is 1. The van der Waals surface area contributed by atoms with Gasteiger partial charge in [-0.1, -0.05) is 13.8 Å². The van der Waals surface area contributed by atoms with E-state index in [2.05, 4.69) is 25.9 Å². The van der Waals surface area contributed by atoms with Gasteiger partial charge in [-0.25, -0.2) is 4.98 Å². The van der Waals surface area contributed by atoms with Crippen LogP contribution in [0.2, 0.25) is 0 Å². The minimum Gasteiger partial charge on any atom is -0.368 e. The zero-order chi connectivity index (χ0) is 14.3. The van der Waals surface area contributed by atoms with Gasteiger partial charge in [0.2, 0.25) is 11.9 Å². The average Bonchev–Trinajstić information content (AvgIpc) is 2.34. The van der Waals surface area contributed by atoms with Crippen LogP contribution in [0.5, 0.6) is 0 Å². The summed E-state index contributed by atoms with van der Waals surface area (Å²) in [5.41, 5.74) is 0.902. The van der Waals surface area contributed by atoms with E-state index in [0.29, 0.717) is 19.0 Å². The van der Waals surface area contributed by atoms with E-state index >= 15 is 0 Å². The average molecular weight is 265 g/mol. The minimum absolute atomic E-state index is 0.0154. The summed E-state index contributed by atoms with van der Waals surface area (Å²) < 4.78 is 0. The van der Waals surface area contributed by atoms with Crippen molar-refractivity contribution >= 4 is 17.7 Å². The molecular formula is C13H23N5O. The predicted octanol–water partition coefficient (Wildman–Crippen LogP) is 1.40. The van der Waals surface area contributed by atoms with E-state index in [1.807, 2.05) is 33.8 Å². The van der Waals surface area contributed by atoms with Crippen LogP contribution in [0.25, 0.3) is 0 Å². The number of nitrogens with one attached hydrogen (secondary N) is 3. The molecule has 0 saturated heterocycles. The summed E-state index contributed by atoms with van der Waals surface area (Å²) in [6.07, 6.45) is 0. The van der Waals surface area contributed by atoms with Crippen LogP contribution in [-0.2, 0) is 4.79 Å². The summed E-state index contributed by atoms with van der Waals surface area (Å²) in [6.45, 7) is 9.68. The van der Waals surface area contributed by atoms with Crippen molar-refractivity contribution in [2.24, 2.45) is 5.92 Å². The Morgan fingerprint density at radius 3 is 2.63 bits per heavy atom. The van der Waals surface area contributed by atoms with Crippen LogP contribution in [-0.4, -0.2) is 35.5 Å². The van der Waals surface area contributed by atoms with E-state index in [1.165, 1.54) is 0 Å². The van der Waals surface area contributed by atoms with E-state index in [9.17, 15) is 4.79 Å². The van der Waals surface area contributed by atoms with E-state index in [1.54, 1.807) is 0 Å². The van der Waals surface area contributed by atoms with Gasteiger partial charge >= 0.3 is 0 Å². The highest BCUT2D eigenvalue weighted by molar-refractivity contribution is 5.77. The largest absolute Gasteiger partial charge is 0.368 e. The van der Waals surface area contributed by atoms with Crippen molar-refractivity contribution in [3.05, 3.63) is 11.8 Å². The van der Waals surface area contributed by atoms with Crippen molar-refractivity contribution in [3.8, 4) is 0 Å². The molecule has 6 nitrogen and oxygen atoms in total. The van der Waals surface area contributed by atoms with Crippen LogP contribution < -0.4 is 16.0 Å². The Morgan fingerprint density at radius 1 is 1.26 bits per heavy atom. The molecule has 0 fully saturated rings. The molecule has 1 heterocycles. The van der Waals surface area contributed by atoms with Crippen LogP contribution >= 0.6 is 0 Å². The molecule has 3 N–H and O–H groups in total. The van der Waals surface area contributed by atoms with Crippen molar-refractivity contribution in [1.29, 1.82) is 0 Å². The van der Waals surface area contributed by atoms with Crippen molar-refractivity contribution in [3.63, 3.8) is 0 Å². The van der Waals surface area contributed by atoms with Gasteiger partial charge in [0.05, 0.1) is 0 Å². The summed E-state index contributed by atoms with van der Waals surface area (Å²) in [5, 5.41) is 9.10. The number of hydrogen-bond acceptors (Lipinski definition) is 5. The second-order valence-corrected chi connectivity index (χ2v) is 4.62. The van der Waals surface area contributed by atoms with Gasteiger partial charge in [0.1, 0.15) is 5.82 Å². The zero-order valence-corrected chi connectivity index (χ0v) is 12.1. The smallest absolute Gasteiger partial charge is 0.224 e. The lowest BCUT2D eigenvalue weighted by Crippen LogP contribution is -2.32. The van der Waals surface area contributed by atoms with Crippen molar-refractivity contribution in [2.45, 2.75) is 27.7 Å². The number of rotatable bonds is 7. The second-order valence-electron chi connectivity index (χ2n) is 4.62. The van der Waals surface area contributed by atoms with Gasteiger partial charge in [-0.05, 0) is 13.8 Å². The number of carbonyl (C=O) groups is 1. The molecule has 0 saturated carbocycles. The van der Waals surface area contributed by atoms with E-state index in [0.717, 1.165) is 18.1 Å². The Hall–Kier alpha value is -1.85. The third kappa shape index (κ3) is 5.54. The Morgan fingerprint density at radius 2 is 2.00 bits per heavy atom. The molecule has 6 heteroatoms. The normalized spacial score (nSPS) is 10.4. The summed E-state index contributed by atoms with van der Waals surface area (Å²) in [5.74, 6) is 1.47. The molecule has 1 amide bonds. The van der Waals surface area contributed by atoms with Gasteiger partial charge in [0, 0.05) is 37.3 Å². The topological polar surface area (TPSA) is 78.9 Å². The molecule has 0 aliphatic rings. The zero-order valence-electron chi connectivity index (χ0n) is 12.1. The summed E-state index contributed by atoms with van der Waals surface area (Å²) in [7, 11) is 0. The Labute approximate surface area is 114 Å². The first-order valence-electron chi connectivity index (χ1n) is 6.64. The van der Waals surface area contributed by atoms with Gasteiger partial charge in [0.25, 0.3) is 0 Å². The molecule has 0 atom stereocenters. The lowest BCUT2D eigenvalue weighted by atomic mass is 10.2. The first-order chi connectivity index (χ1) is 9.02. The van der Waals surface area contributed by atoms with Gasteiger partial charge in [-0.15, -0.1) is 0 Å². The SMILES string of the molecule is CCNc1nc(C)cc(NCCNC(=O)C(C)C)n1. The van der Waals surface area contributed by atoms with Crippen LogP contribution in [0, 0.1) is 12.8 Å². The summed E-state index contributed by atoms with van der Waals surface area (Å²) >= 11 is 0. The number of aromatic nitrogens is 2. The Balaban J connectivity index is 2.42. The fourth-order valence-corrected chi connectivity index (χ4v) is 1.48. The van der Waals surface area contributed by atoms with Gasteiger partial charge < -0.3 is 16.0 Å². The molecule has 19 heavy (non-hydrogen) atoms. The number of nitrogens with zero attached hydrogens (tertiary/aromatic N) is 2. The third-order valence-electron chi connectivity index (χ3n) is 2.44. The van der Waals surface area contributed by atoms with Crippen LogP contribution in [0.3, 0.4) is 0 Å². The first-order valence-corrected chi connectivity index (χ1v) is 6.64. The highest BCUT2D eigenvalue weighted by Gasteiger charge is 2.05. The van der Waals surface area contributed by atoms with E-state index < -0.39 is 0 Å². The Bertz CT molecular complexity index is 419. The Kier molecular flexibility index (Phi) is 6.05. The number of amides is 1. The van der Waals surface area contributed by atoms with Crippen molar-refractivity contribution < 1.29 is 4.79 Å². The molecule has 1 aromatic rings. The molecule has 0 aliphatic carbocycles. The minimum atomic E-state index is 0.0154. The molecule has 106 valence electrons. The summed E-state index contributed by atoms with van der Waals surface area (Å²) in [4.78, 5) is 20.0. The highest BCUT2D eigenvalue weighted by atomic mass is 16.1. The fraction of sp³-hybridized carbons (Fsp3) is 0.615. The molecular weight excluding hydrogens is 242 g/mol. The number of hydrogen-bond donors (Lipinski definition) is 3. The van der Waals surface area contributed by atoms with Crippen molar-refractivity contribution in [2.75, 3.05) is 30.3 Å². The van der Waals surface area contributed by atoms with Gasteiger partial charge in [-0.3, -0.25) is 4.79 Å². The molecule has 0 spiro atoms. The molecule has 0 bridgehead atoms. The third-order valence-corrected chi connectivity index (χ3v) is 2.44. The quantitative estimate of drug-likeness (QED) is 0.649. The van der Waals surface area contributed by atoms with Crippen LogP contribution in [0.15, 0.2) is 6.07 Å². The monoisotopic (exact) mass is 265 g/mol. The summed E-state index contributed by atoms with van der Waals surface area (Å²) in [6, 6.07) is 1.88. The van der Waals surface area contributed by atoms with E-state index in [-0.39, 0.29) is 11.8 Å². The lowest BCUT2D eigenvalue weighted by molar-refractivity contribution is -0.123. The predicted molar refractivity (Wildman–Crippen MR) is 77.3 cm³/mol. The maximum absolute atomic E-state index is 11.4. The lowest BCUT2D eigenvalue weighted by Gasteiger charge is -2.10. The first kappa shape index (κ1) is 15.2. The standard InChI is InChI=1S/C13H23N5O/c1-5-14-13-17-10(4)8-11(18-13)15-6-7-16-12(19)9(2)3/h8-9H,5-7H2,1-4H3,(H,16,19)(H2,14,15,17,18). The number of carbonyl (C=O) groups excluding carboxylic acids is 1. The molecule has 0 unspecified atom stereocenters. The molecule has 0 radical (unpaired) electrons. The molecule has 1 rings (SSSR count). The molecule has 0 aliphatic heterocycles. The van der Waals surface area contributed by atoms with Gasteiger partial charge in [0.15, 0.2) is 0 Å². The van der Waals surface area contributed by atoms with Crippen molar-refractivity contribution in [1.82, 2.24) is 15.3 Å². The van der Waals surface area contributed by atoms with E-state index in [4.69, 9.17) is 0 Å². The second kappa shape index (κ2) is 7.56.